The van der Waals surface area contributed by atoms with Crippen molar-refractivity contribution in [1.29, 1.82) is 0 Å². The molecule has 1 aliphatic rings. The van der Waals surface area contributed by atoms with Gasteiger partial charge in [-0.3, -0.25) is 9.36 Å². The number of pyridine rings is 1. The second-order valence-corrected chi connectivity index (χ2v) is 4.90. The molecule has 0 aliphatic carbocycles. The Bertz CT molecular complexity index is 640. The highest BCUT2D eigenvalue weighted by Gasteiger charge is 2.39. The lowest BCUT2D eigenvalue weighted by molar-refractivity contribution is -0.125. The van der Waals surface area contributed by atoms with Crippen molar-refractivity contribution in [1.82, 2.24) is 20.0 Å². The minimum absolute atomic E-state index is 0.0961. The lowest BCUT2D eigenvalue weighted by Crippen LogP contribution is -2.32. The number of carbonyl (C=O) groups is 1. The Morgan fingerprint density at radius 3 is 2.68 bits per heavy atom. The maximum atomic E-state index is 11.7. The molecule has 3 rings (SSSR count). The number of hydrogen-bond donors (Lipinski definition) is 1. The van der Waals surface area contributed by atoms with Crippen LogP contribution in [0.3, 0.4) is 0 Å². The lowest BCUT2D eigenvalue weighted by atomic mass is 9.84. The van der Waals surface area contributed by atoms with Crippen LogP contribution in [0.1, 0.15) is 19.4 Å². The van der Waals surface area contributed by atoms with Crippen molar-refractivity contribution in [3.8, 4) is 5.82 Å². The fourth-order valence-electron chi connectivity index (χ4n) is 1.99. The van der Waals surface area contributed by atoms with Gasteiger partial charge in [-0.05, 0) is 26.0 Å². The lowest BCUT2D eigenvalue weighted by Gasteiger charge is -2.16. The molecule has 0 bridgehead atoms. The molecule has 0 atom stereocenters. The summed E-state index contributed by atoms with van der Waals surface area (Å²) in [7, 11) is 0. The van der Waals surface area contributed by atoms with Crippen molar-refractivity contribution >= 4 is 11.6 Å². The van der Waals surface area contributed by atoms with Crippen LogP contribution in [0.15, 0.2) is 42.2 Å². The van der Waals surface area contributed by atoms with E-state index in [0.29, 0.717) is 5.71 Å². The first-order valence-electron chi connectivity index (χ1n) is 5.92. The predicted molar refractivity (Wildman–Crippen MR) is 69.8 cm³/mol. The van der Waals surface area contributed by atoms with Crippen LogP contribution in [0.5, 0.6) is 0 Å². The zero-order valence-electron chi connectivity index (χ0n) is 10.7. The van der Waals surface area contributed by atoms with Crippen molar-refractivity contribution in [2.24, 2.45) is 10.5 Å². The van der Waals surface area contributed by atoms with Crippen molar-refractivity contribution in [2.45, 2.75) is 13.8 Å². The van der Waals surface area contributed by atoms with Gasteiger partial charge in [0.25, 0.3) is 5.91 Å². The molecular weight excluding hydrogens is 242 g/mol. The van der Waals surface area contributed by atoms with E-state index in [1.165, 1.54) is 0 Å². The summed E-state index contributed by atoms with van der Waals surface area (Å²) in [5.41, 5.74) is 3.43. The zero-order valence-corrected chi connectivity index (χ0v) is 10.7. The summed E-state index contributed by atoms with van der Waals surface area (Å²) in [5, 5.41) is 4.09. The van der Waals surface area contributed by atoms with E-state index in [1.807, 2.05) is 36.7 Å². The van der Waals surface area contributed by atoms with Gasteiger partial charge < -0.3 is 0 Å². The molecule has 1 aliphatic heterocycles. The number of rotatable bonds is 2. The van der Waals surface area contributed by atoms with Crippen LogP contribution in [-0.2, 0) is 4.79 Å². The highest BCUT2D eigenvalue weighted by atomic mass is 16.2. The first-order chi connectivity index (χ1) is 9.09. The second kappa shape index (κ2) is 4.01. The quantitative estimate of drug-likeness (QED) is 0.874. The summed E-state index contributed by atoms with van der Waals surface area (Å²) >= 11 is 0. The molecule has 0 aromatic carbocycles. The minimum Gasteiger partial charge on any atom is -0.291 e. The maximum Gasteiger partial charge on any atom is 0.251 e. The third-order valence-electron chi connectivity index (χ3n) is 3.22. The predicted octanol–water partition coefficient (Wildman–Crippen LogP) is 1.13. The Balaban J connectivity index is 1.94. The number of nitrogens with zero attached hydrogens (tertiary/aromatic N) is 4. The molecule has 2 aromatic rings. The molecule has 0 saturated heterocycles. The van der Waals surface area contributed by atoms with E-state index in [1.54, 1.807) is 18.7 Å². The summed E-state index contributed by atoms with van der Waals surface area (Å²) in [6, 6.07) is 3.78. The molecule has 19 heavy (non-hydrogen) atoms. The van der Waals surface area contributed by atoms with Gasteiger partial charge in [-0.25, -0.2) is 15.4 Å². The highest BCUT2D eigenvalue weighted by Crippen LogP contribution is 2.26. The highest BCUT2D eigenvalue weighted by molar-refractivity contribution is 6.19. The molecule has 0 fully saturated rings. The van der Waals surface area contributed by atoms with Crippen LogP contribution in [0, 0.1) is 5.41 Å². The number of aromatic nitrogens is 3. The number of amides is 1. The van der Waals surface area contributed by atoms with Gasteiger partial charge >= 0.3 is 0 Å². The van der Waals surface area contributed by atoms with Gasteiger partial charge in [0.05, 0.1) is 11.1 Å². The fraction of sp³-hybridized carbons (Fsp3) is 0.231. The Morgan fingerprint density at radius 1 is 1.32 bits per heavy atom. The van der Waals surface area contributed by atoms with Crippen LogP contribution >= 0.6 is 0 Å². The normalized spacial score (nSPS) is 17.2. The third kappa shape index (κ3) is 1.81. The first-order valence-corrected chi connectivity index (χ1v) is 5.92. The number of hydrogen-bond acceptors (Lipinski definition) is 4. The SMILES string of the molecule is CC1(C)C(=O)NN=C1c1ccc(-n2ccnc2)nc1. The molecule has 96 valence electrons. The number of hydrazone groups is 1. The average Bonchev–Trinajstić information content (AvgIpc) is 3.00. The zero-order chi connectivity index (χ0) is 13.5. The molecule has 0 radical (unpaired) electrons. The van der Waals surface area contributed by atoms with Crippen LogP contribution in [0.25, 0.3) is 5.82 Å². The van der Waals surface area contributed by atoms with Gasteiger partial charge in [0.15, 0.2) is 0 Å². The Hall–Kier alpha value is -2.50. The van der Waals surface area contributed by atoms with Gasteiger partial charge in [-0.2, -0.15) is 5.10 Å². The molecule has 0 saturated carbocycles. The molecular formula is C13H13N5O. The minimum atomic E-state index is -0.627. The molecule has 1 N–H and O–H groups in total. The van der Waals surface area contributed by atoms with Gasteiger partial charge in [-0.1, -0.05) is 0 Å². The maximum absolute atomic E-state index is 11.7. The molecule has 3 heterocycles. The third-order valence-corrected chi connectivity index (χ3v) is 3.22. The monoisotopic (exact) mass is 255 g/mol. The smallest absolute Gasteiger partial charge is 0.251 e. The van der Waals surface area contributed by atoms with E-state index in [2.05, 4.69) is 20.5 Å². The summed E-state index contributed by atoms with van der Waals surface area (Å²) in [6.45, 7) is 3.69. The van der Waals surface area contributed by atoms with E-state index in [-0.39, 0.29) is 5.91 Å². The van der Waals surface area contributed by atoms with E-state index in [0.717, 1.165) is 11.4 Å². The van der Waals surface area contributed by atoms with Crippen molar-refractivity contribution in [2.75, 3.05) is 0 Å². The largest absolute Gasteiger partial charge is 0.291 e. The number of nitrogens with one attached hydrogen (secondary N) is 1. The fourth-order valence-corrected chi connectivity index (χ4v) is 1.99. The Kier molecular flexibility index (Phi) is 2.45. The van der Waals surface area contributed by atoms with E-state index in [9.17, 15) is 4.79 Å². The summed E-state index contributed by atoms with van der Waals surface area (Å²) in [6.07, 6.45) is 6.92. The molecule has 0 unspecified atom stereocenters. The van der Waals surface area contributed by atoms with Crippen molar-refractivity contribution in [3.05, 3.63) is 42.6 Å². The standard InChI is InChI=1S/C13H13N5O/c1-13(2)11(16-17-12(13)19)9-3-4-10(15-7-9)18-6-5-14-8-18/h3-8H,1-2H3,(H,17,19). The molecule has 0 spiro atoms. The molecule has 6 heteroatoms. The van der Waals surface area contributed by atoms with Crippen molar-refractivity contribution < 1.29 is 4.79 Å². The van der Waals surface area contributed by atoms with Crippen molar-refractivity contribution in [3.63, 3.8) is 0 Å². The Labute approximate surface area is 110 Å². The van der Waals surface area contributed by atoms with Crippen LogP contribution < -0.4 is 5.43 Å². The van der Waals surface area contributed by atoms with E-state index in [4.69, 9.17) is 0 Å². The topological polar surface area (TPSA) is 72.2 Å². The van der Waals surface area contributed by atoms with Crippen LogP contribution in [-0.4, -0.2) is 26.2 Å². The van der Waals surface area contributed by atoms with E-state index < -0.39 is 5.41 Å². The average molecular weight is 255 g/mol. The summed E-state index contributed by atoms with van der Waals surface area (Å²) in [4.78, 5) is 20.0. The van der Waals surface area contributed by atoms with Gasteiger partial charge in [0.1, 0.15) is 12.1 Å². The molecule has 1 amide bonds. The number of carbonyl (C=O) groups excluding carboxylic acids is 1. The molecule has 6 nitrogen and oxygen atoms in total. The van der Waals surface area contributed by atoms with Gasteiger partial charge in [0, 0.05) is 24.2 Å². The van der Waals surface area contributed by atoms with Crippen LogP contribution in [0.4, 0.5) is 0 Å². The molecule has 2 aromatic heterocycles. The first kappa shape index (κ1) is 11.6. The number of imidazole rings is 1. The van der Waals surface area contributed by atoms with E-state index >= 15 is 0 Å². The van der Waals surface area contributed by atoms with Gasteiger partial charge in [0.2, 0.25) is 0 Å². The summed E-state index contributed by atoms with van der Waals surface area (Å²) in [5.74, 6) is 0.679. The van der Waals surface area contributed by atoms with Gasteiger partial charge in [-0.15, -0.1) is 0 Å². The Morgan fingerprint density at radius 2 is 2.16 bits per heavy atom. The second-order valence-electron chi connectivity index (χ2n) is 4.90. The van der Waals surface area contributed by atoms with Crippen LogP contribution in [0.2, 0.25) is 0 Å². The summed E-state index contributed by atoms with van der Waals surface area (Å²) < 4.78 is 1.81.